The zero-order valence-corrected chi connectivity index (χ0v) is 19.4. The lowest BCUT2D eigenvalue weighted by molar-refractivity contribution is -0.121. The SMILES string of the molecule is NC(=O)[C@@H](c1ccccc1)N(CCc1ccc(Br)cc1F)S(=O)(=O)c1ccc(Cl)cc1. The Kier molecular flexibility index (Phi) is 7.48. The molecule has 0 aliphatic rings. The van der Waals surface area contributed by atoms with E-state index in [2.05, 4.69) is 15.9 Å². The van der Waals surface area contributed by atoms with Crippen LogP contribution in [0.25, 0.3) is 0 Å². The van der Waals surface area contributed by atoms with Crippen LogP contribution >= 0.6 is 27.5 Å². The van der Waals surface area contributed by atoms with Crippen LogP contribution in [-0.4, -0.2) is 25.2 Å². The summed E-state index contributed by atoms with van der Waals surface area (Å²) in [5, 5.41) is 0.372. The molecule has 31 heavy (non-hydrogen) atoms. The minimum Gasteiger partial charge on any atom is -0.368 e. The summed E-state index contributed by atoms with van der Waals surface area (Å²) < 4.78 is 42.9. The number of primary amides is 1. The Morgan fingerprint density at radius 1 is 1.06 bits per heavy atom. The molecular formula is C22H19BrClFN2O3S. The number of amides is 1. The quantitative estimate of drug-likeness (QED) is 0.463. The topological polar surface area (TPSA) is 80.5 Å². The Balaban J connectivity index is 2.06. The van der Waals surface area contributed by atoms with E-state index in [0.29, 0.717) is 20.6 Å². The molecule has 9 heteroatoms. The molecule has 0 unspecified atom stereocenters. The van der Waals surface area contributed by atoms with Crippen LogP contribution in [0.15, 0.2) is 82.2 Å². The molecule has 0 bridgehead atoms. The van der Waals surface area contributed by atoms with Gasteiger partial charge in [0.05, 0.1) is 4.90 Å². The molecule has 3 rings (SSSR count). The maximum absolute atomic E-state index is 14.3. The zero-order valence-electron chi connectivity index (χ0n) is 16.2. The van der Waals surface area contributed by atoms with E-state index >= 15 is 0 Å². The van der Waals surface area contributed by atoms with E-state index in [9.17, 15) is 17.6 Å². The Labute approximate surface area is 193 Å². The van der Waals surface area contributed by atoms with Crippen LogP contribution in [0.5, 0.6) is 0 Å². The predicted molar refractivity (Wildman–Crippen MR) is 122 cm³/mol. The van der Waals surface area contributed by atoms with E-state index in [1.165, 1.54) is 30.3 Å². The van der Waals surface area contributed by atoms with Gasteiger partial charge in [0.25, 0.3) is 0 Å². The third kappa shape index (κ3) is 5.51. The molecular weight excluding hydrogens is 507 g/mol. The van der Waals surface area contributed by atoms with Crippen LogP contribution in [-0.2, 0) is 21.2 Å². The number of halogens is 3. The fraction of sp³-hybridized carbons (Fsp3) is 0.136. The first-order valence-corrected chi connectivity index (χ1v) is 11.9. The Hall–Kier alpha value is -2.26. The Morgan fingerprint density at radius 2 is 1.71 bits per heavy atom. The number of hydrogen-bond acceptors (Lipinski definition) is 3. The lowest BCUT2D eigenvalue weighted by atomic mass is 10.1. The standard InChI is InChI=1S/C22H19BrClFN2O3S/c23-17-7-6-15(20(25)14-17)12-13-27(21(22(26)28)16-4-2-1-3-5-16)31(29,30)19-10-8-18(24)9-11-19/h1-11,14,21H,12-13H2,(H2,26,28)/t21-/m1/s1. The summed E-state index contributed by atoms with van der Waals surface area (Å²) in [5.74, 6) is -1.31. The molecule has 5 nitrogen and oxygen atoms in total. The Morgan fingerprint density at radius 3 is 2.29 bits per heavy atom. The number of carbonyl (C=O) groups is 1. The number of nitrogens with zero attached hydrogens (tertiary/aromatic N) is 1. The lowest BCUT2D eigenvalue weighted by Crippen LogP contribution is -2.42. The molecule has 3 aromatic rings. The number of sulfonamides is 1. The molecule has 162 valence electrons. The third-order valence-corrected chi connectivity index (χ3v) is 7.33. The second kappa shape index (κ2) is 9.91. The van der Waals surface area contributed by atoms with Crippen molar-refractivity contribution in [3.63, 3.8) is 0 Å². The van der Waals surface area contributed by atoms with Gasteiger partial charge in [-0.15, -0.1) is 0 Å². The van der Waals surface area contributed by atoms with Gasteiger partial charge in [-0.2, -0.15) is 4.31 Å². The van der Waals surface area contributed by atoms with Crippen molar-refractivity contribution in [1.29, 1.82) is 0 Å². The molecule has 0 radical (unpaired) electrons. The van der Waals surface area contributed by atoms with Crippen molar-refractivity contribution in [1.82, 2.24) is 4.31 Å². The van der Waals surface area contributed by atoms with Gasteiger partial charge in [0.15, 0.2) is 0 Å². The molecule has 0 aliphatic heterocycles. The van der Waals surface area contributed by atoms with Crippen LogP contribution in [0.1, 0.15) is 17.2 Å². The number of carbonyl (C=O) groups excluding carboxylic acids is 1. The van der Waals surface area contributed by atoms with Gasteiger partial charge in [-0.1, -0.05) is 63.9 Å². The molecule has 0 saturated heterocycles. The van der Waals surface area contributed by atoms with Crippen molar-refractivity contribution in [2.75, 3.05) is 6.54 Å². The van der Waals surface area contributed by atoms with Crippen molar-refractivity contribution in [2.45, 2.75) is 17.4 Å². The highest BCUT2D eigenvalue weighted by molar-refractivity contribution is 9.10. The maximum Gasteiger partial charge on any atom is 0.244 e. The second-order valence-corrected chi connectivity index (χ2v) is 10.0. The average molecular weight is 526 g/mol. The molecule has 1 atom stereocenters. The van der Waals surface area contributed by atoms with Gasteiger partial charge in [0.1, 0.15) is 11.9 Å². The summed E-state index contributed by atoms with van der Waals surface area (Å²) >= 11 is 9.09. The minimum atomic E-state index is -4.16. The summed E-state index contributed by atoms with van der Waals surface area (Å²) in [6.45, 7) is -0.161. The van der Waals surface area contributed by atoms with E-state index in [4.69, 9.17) is 17.3 Å². The van der Waals surface area contributed by atoms with Gasteiger partial charge in [-0.3, -0.25) is 4.79 Å². The van der Waals surface area contributed by atoms with E-state index in [1.807, 2.05) is 0 Å². The monoisotopic (exact) mass is 524 g/mol. The van der Waals surface area contributed by atoms with Gasteiger partial charge in [0.2, 0.25) is 15.9 Å². The van der Waals surface area contributed by atoms with Crippen molar-refractivity contribution in [2.24, 2.45) is 5.73 Å². The summed E-state index contributed by atoms with van der Waals surface area (Å²) in [4.78, 5) is 12.4. The molecule has 0 aliphatic carbocycles. The summed E-state index contributed by atoms with van der Waals surface area (Å²) in [5.41, 5.74) is 6.38. The molecule has 1 amide bonds. The first-order chi connectivity index (χ1) is 14.7. The normalized spacial score (nSPS) is 12.6. The van der Waals surface area contributed by atoms with Gasteiger partial charge in [-0.05, 0) is 53.9 Å². The van der Waals surface area contributed by atoms with Gasteiger partial charge in [-0.25, -0.2) is 12.8 Å². The van der Waals surface area contributed by atoms with Crippen LogP contribution in [0.2, 0.25) is 5.02 Å². The van der Waals surface area contributed by atoms with Crippen LogP contribution < -0.4 is 5.73 Å². The van der Waals surface area contributed by atoms with E-state index in [-0.39, 0.29) is 17.9 Å². The summed E-state index contributed by atoms with van der Waals surface area (Å²) in [7, 11) is -4.16. The Bertz CT molecular complexity index is 1180. The maximum atomic E-state index is 14.3. The highest BCUT2D eigenvalue weighted by Gasteiger charge is 2.36. The first-order valence-electron chi connectivity index (χ1n) is 9.26. The van der Waals surface area contributed by atoms with Crippen molar-refractivity contribution in [3.8, 4) is 0 Å². The van der Waals surface area contributed by atoms with E-state index < -0.39 is 27.8 Å². The smallest absolute Gasteiger partial charge is 0.244 e. The molecule has 0 fully saturated rings. The van der Waals surface area contributed by atoms with E-state index in [0.717, 1.165) is 4.31 Å². The predicted octanol–water partition coefficient (Wildman–Crippen LogP) is 4.70. The van der Waals surface area contributed by atoms with Gasteiger partial charge < -0.3 is 5.73 Å². The fourth-order valence-electron chi connectivity index (χ4n) is 3.19. The summed E-state index contributed by atoms with van der Waals surface area (Å²) in [6, 6.07) is 17.2. The second-order valence-electron chi connectivity index (χ2n) is 6.77. The molecule has 3 aromatic carbocycles. The lowest BCUT2D eigenvalue weighted by Gasteiger charge is -2.29. The van der Waals surface area contributed by atoms with Gasteiger partial charge in [0, 0.05) is 16.0 Å². The highest BCUT2D eigenvalue weighted by atomic mass is 79.9. The van der Waals surface area contributed by atoms with Crippen LogP contribution in [0.3, 0.4) is 0 Å². The average Bonchev–Trinajstić information content (AvgIpc) is 2.72. The molecule has 0 heterocycles. The fourth-order valence-corrected chi connectivity index (χ4v) is 5.24. The number of nitrogens with two attached hydrogens (primary N) is 1. The molecule has 0 aromatic heterocycles. The number of rotatable bonds is 8. The number of hydrogen-bond donors (Lipinski definition) is 1. The highest BCUT2D eigenvalue weighted by Crippen LogP contribution is 2.29. The summed E-state index contributed by atoms with van der Waals surface area (Å²) in [6.07, 6.45) is 0.0442. The molecule has 0 spiro atoms. The third-order valence-electron chi connectivity index (χ3n) is 4.71. The molecule has 0 saturated carbocycles. The number of benzene rings is 3. The van der Waals surface area contributed by atoms with Crippen molar-refractivity contribution in [3.05, 3.63) is 99.2 Å². The van der Waals surface area contributed by atoms with Crippen LogP contribution in [0.4, 0.5) is 4.39 Å². The first kappa shape index (κ1) is 23.4. The van der Waals surface area contributed by atoms with E-state index in [1.54, 1.807) is 42.5 Å². The van der Waals surface area contributed by atoms with Crippen molar-refractivity contribution < 1.29 is 17.6 Å². The molecule has 2 N–H and O–H groups in total. The minimum absolute atomic E-state index is 0.0442. The van der Waals surface area contributed by atoms with Crippen molar-refractivity contribution >= 4 is 43.5 Å². The zero-order chi connectivity index (χ0) is 22.6. The van der Waals surface area contributed by atoms with Gasteiger partial charge >= 0.3 is 0 Å². The largest absolute Gasteiger partial charge is 0.368 e. The van der Waals surface area contributed by atoms with Crippen LogP contribution in [0, 0.1) is 5.82 Å².